The smallest absolute Gasteiger partial charge is 0.408 e. The molecule has 0 saturated carbocycles. The van der Waals surface area contributed by atoms with Crippen molar-refractivity contribution < 1.29 is 24.2 Å². The summed E-state index contributed by atoms with van der Waals surface area (Å²) in [5, 5.41) is 15.9. The highest BCUT2D eigenvalue weighted by molar-refractivity contribution is 5.72. The zero-order valence-electron chi connectivity index (χ0n) is 13.8. The minimum Gasteiger partial charge on any atom is -0.481 e. The first-order valence-corrected chi connectivity index (χ1v) is 6.84. The summed E-state index contributed by atoms with van der Waals surface area (Å²) in [6, 6.07) is -0.795. The third-order valence-electron chi connectivity index (χ3n) is 2.83. The molecule has 1 atom stereocenters. The number of methoxy groups -OCH3 is 1. The quantitative estimate of drug-likeness (QED) is 0.859. The number of aryl methyl sites for hydroxylation is 2. The van der Waals surface area contributed by atoms with E-state index in [-0.39, 0.29) is 6.42 Å². The van der Waals surface area contributed by atoms with Crippen LogP contribution in [0.5, 0.6) is 5.88 Å². The molecule has 0 aromatic carbocycles. The molecule has 1 rings (SSSR count). The normalized spacial score (nSPS) is 12.6. The van der Waals surface area contributed by atoms with Crippen LogP contribution in [-0.4, -0.2) is 39.7 Å². The van der Waals surface area contributed by atoms with Gasteiger partial charge in [0.25, 0.3) is 0 Å². The molecule has 0 aliphatic heterocycles. The molecular formula is C14H23N3O5. The highest BCUT2D eigenvalue weighted by Crippen LogP contribution is 2.30. The van der Waals surface area contributed by atoms with Gasteiger partial charge in [0.1, 0.15) is 5.60 Å². The minimum atomic E-state index is -1.05. The molecule has 1 aromatic heterocycles. The number of hydrogen-bond acceptors (Lipinski definition) is 5. The summed E-state index contributed by atoms with van der Waals surface area (Å²) >= 11 is 0. The zero-order valence-corrected chi connectivity index (χ0v) is 13.8. The van der Waals surface area contributed by atoms with Gasteiger partial charge in [-0.1, -0.05) is 0 Å². The standard InChI is InChI=1S/C14H23N3O5/c1-8-11(12(21-6)17(5)16-8)9(7-10(18)19)15-13(20)22-14(2,3)4/h9H,7H2,1-6H3,(H,15,20)(H,18,19)/t9-/m0/s1. The van der Waals surface area contributed by atoms with Crippen molar-refractivity contribution in [1.82, 2.24) is 15.1 Å². The van der Waals surface area contributed by atoms with Gasteiger partial charge in [-0.15, -0.1) is 0 Å². The highest BCUT2D eigenvalue weighted by Gasteiger charge is 2.28. The van der Waals surface area contributed by atoms with Crippen molar-refractivity contribution in [2.24, 2.45) is 7.05 Å². The molecule has 0 radical (unpaired) electrons. The fourth-order valence-electron chi connectivity index (χ4n) is 2.15. The monoisotopic (exact) mass is 313 g/mol. The Morgan fingerprint density at radius 2 is 2.00 bits per heavy atom. The van der Waals surface area contributed by atoms with Crippen molar-refractivity contribution >= 4 is 12.1 Å². The van der Waals surface area contributed by atoms with Crippen molar-refractivity contribution in [2.75, 3.05) is 7.11 Å². The number of ether oxygens (including phenoxy) is 2. The summed E-state index contributed by atoms with van der Waals surface area (Å²) in [6.07, 6.45) is -0.994. The maximum Gasteiger partial charge on any atom is 0.408 e. The number of aliphatic carboxylic acids is 1. The number of alkyl carbamates (subject to hydrolysis) is 1. The van der Waals surface area contributed by atoms with Crippen molar-refractivity contribution in [3.05, 3.63) is 11.3 Å². The summed E-state index contributed by atoms with van der Waals surface area (Å²) in [5.74, 6) is -0.647. The first kappa shape index (κ1) is 17.8. The van der Waals surface area contributed by atoms with Gasteiger partial charge in [0.15, 0.2) is 0 Å². The Hall–Kier alpha value is -2.25. The number of carboxylic acid groups (broad SMARTS) is 1. The van der Waals surface area contributed by atoms with Gasteiger partial charge in [0.05, 0.1) is 30.8 Å². The van der Waals surface area contributed by atoms with Crippen LogP contribution >= 0.6 is 0 Å². The van der Waals surface area contributed by atoms with Crippen LogP contribution in [0, 0.1) is 6.92 Å². The van der Waals surface area contributed by atoms with E-state index in [1.807, 2.05) is 0 Å². The lowest BCUT2D eigenvalue weighted by molar-refractivity contribution is -0.137. The molecule has 8 nitrogen and oxygen atoms in total. The predicted octanol–water partition coefficient (Wildman–Crippen LogP) is 1.78. The molecule has 0 aliphatic carbocycles. The van der Waals surface area contributed by atoms with E-state index in [1.165, 1.54) is 11.8 Å². The number of carbonyl (C=O) groups is 2. The van der Waals surface area contributed by atoms with E-state index >= 15 is 0 Å². The van der Waals surface area contributed by atoms with E-state index in [9.17, 15) is 9.59 Å². The van der Waals surface area contributed by atoms with E-state index in [4.69, 9.17) is 14.6 Å². The van der Waals surface area contributed by atoms with E-state index in [0.29, 0.717) is 17.1 Å². The molecule has 0 unspecified atom stereocenters. The Balaban J connectivity index is 3.09. The summed E-state index contributed by atoms with van der Waals surface area (Å²) in [4.78, 5) is 23.1. The maximum absolute atomic E-state index is 11.9. The number of hydrogen-bond donors (Lipinski definition) is 2. The van der Waals surface area contributed by atoms with Crippen LogP contribution in [0.15, 0.2) is 0 Å². The number of nitrogens with one attached hydrogen (secondary N) is 1. The SMILES string of the molecule is COc1c([C@H](CC(=O)O)NC(=O)OC(C)(C)C)c(C)nn1C. The van der Waals surface area contributed by atoms with Crippen molar-refractivity contribution in [3.63, 3.8) is 0 Å². The Morgan fingerprint density at radius 1 is 1.41 bits per heavy atom. The van der Waals surface area contributed by atoms with Gasteiger partial charge in [0, 0.05) is 7.05 Å². The van der Waals surface area contributed by atoms with E-state index in [1.54, 1.807) is 34.7 Å². The van der Waals surface area contributed by atoms with Gasteiger partial charge in [0.2, 0.25) is 5.88 Å². The van der Waals surface area contributed by atoms with Gasteiger partial charge in [-0.25, -0.2) is 9.48 Å². The fourth-order valence-corrected chi connectivity index (χ4v) is 2.15. The first-order valence-electron chi connectivity index (χ1n) is 6.84. The largest absolute Gasteiger partial charge is 0.481 e. The molecular weight excluding hydrogens is 290 g/mol. The van der Waals surface area contributed by atoms with Crippen molar-refractivity contribution in [1.29, 1.82) is 0 Å². The predicted molar refractivity (Wildman–Crippen MR) is 78.9 cm³/mol. The molecule has 0 fully saturated rings. The van der Waals surface area contributed by atoms with Crippen LogP contribution in [0.4, 0.5) is 4.79 Å². The molecule has 0 spiro atoms. The average molecular weight is 313 g/mol. The molecule has 2 N–H and O–H groups in total. The van der Waals surface area contributed by atoms with Gasteiger partial charge in [-0.05, 0) is 27.7 Å². The van der Waals surface area contributed by atoms with Gasteiger partial charge in [-0.2, -0.15) is 5.10 Å². The lowest BCUT2D eigenvalue weighted by Crippen LogP contribution is -2.36. The average Bonchev–Trinajstić information content (AvgIpc) is 2.59. The van der Waals surface area contributed by atoms with Crippen LogP contribution in [0.1, 0.15) is 44.5 Å². The molecule has 1 aromatic rings. The molecule has 0 saturated heterocycles. The lowest BCUT2D eigenvalue weighted by Gasteiger charge is -2.23. The number of rotatable bonds is 5. The van der Waals surface area contributed by atoms with Crippen molar-refractivity contribution in [2.45, 2.75) is 45.8 Å². The van der Waals surface area contributed by atoms with Gasteiger partial charge in [-0.3, -0.25) is 4.79 Å². The zero-order chi connectivity index (χ0) is 17.1. The topological polar surface area (TPSA) is 103 Å². The summed E-state index contributed by atoms with van der Waals surface area (Å²) in [6.45, 7) is 6.92. The number of aromatic nitrogens is 2. The molecule has 0 bridgehead atoms. The second-order valence-corrected chi connectivity index (χ2v) is 5.93. The fraction of sp³-hybridized carbons (Fsp3) is 0.643. The lowest BCUT2D eigenvalue weighted by atomic mass is 10.0. The number of carbonyl (C=O) groups excluding carboxylic acids is 1. The Kier molecular flexibility index (Phi) is 5.40. The Bertz CT molecular complexity index is 560. The summed E-state index contributed by atoms with van der Waals surface area (Å²) in [7, 11) is 3.14. The summed E-state index contributed by atoms with van der Waals surface area (Å²) < 4.78 is 11.9. The molecule has 1 amide bonds. The molecule has 22 heavy (non-hydrogen) atoms. The number of amides is 1. The van der Waals surface area contributed by atoms with Crippen LogP contribution in [-0.2, 0) is 16.6 Å². The third-order valence-corrected chi connectivity index (χ3v) is 2.83. The van der Waals surface area contributed by atoms with E-state index in [0.717, 1.165) is 0 Å². The maximum atomic E-state index is 11.9. The molecule has 8 heteroatoms. The summed E-state index contributed by atoms with van der Waals surface area (Å²) in [5.41, 5.74) is 0.436. The van der Waals surface area contributed by atoms with E-state index < -0.39 is 23.7 Å². The first-order chi connectivity index (χ1) is 10.0. The van der Waals surface area contributed by atoms with Crippen LogP contribution in [0.3, 0.4) is 0 Å². The van der Waals surface area contributed by atoms with E-state index in [2.05, 4.69) is 10.4 Å². The van der Waals surface area contributed by atoms with Crippen molar-refractivity contribution in [3.8, 4) is 5.88 Å². The van der Waals surface area contributed by atoms with Crippen LogP contribution in [0.25, 0.3) is 0 Å². The Labute approximate surface area is 129 Å². The minimum absolute atomic E-state index is 0.303. The molecule has 124 valence electrons. The Morgan fingerprint density at radius 3 is 2.45 bits per heavy atom. The second-order valence-electron chi connectivity index (χ2n) is 5.93. The van der Waals surface area contributed by atoms with Crippen LogP contribution in [0.2, 0.25) is 0 Å². The van der Waals surface area contributed by atoms with Crippen LogP contribution < -0.4 is 10.1 Å². The molecule has 0 aliphatic rings. The second kappa shape index (κ2) is 6.67. The van der Waals surface area contributed by atoms with Gasteiger partial charge < -0.3 is 19.9 Å². The highest BCUT2D eigenvalue weighted by atomic mass is 16.6. The van der Waals surface area contributed by atoms with Gasteiger partial charge >= 0.3 is 12.1 Å². The number of carboxylic acids is 1. The number of nitrogens with zero attached hydrogens (tertiary/aromatic N) is 2. The molecule has 1 heterocycles. The third kappa shape index (κ3) is 4.64.